The SMILES string of the molecule is CCCCc1ccc(NC(=O)/C(C#N)=C\NCc2ccc(CO)cc2)cc1. The van der Waals surface area contributed by atoms with E-state index in [9.17, 15) is 10.1 Å². The molecule has 0 heterocycles. The molecular formula is C22H25N3O2. The van der Waals surface area contributed by atoms with Crippen LogP contribution in [0.2, 0.25) is 0 Å². The summed E-state index contributed by atoms with van der Waals surface area (Å²) in [6.07, 6.45) is 4.73. The Morgan fingerprint density at radius 1 is 1.07 bits per heavy atom. The molecule has 2 aromatic rings. The monoisotopic (exact) mass is 363 g/mol. The standard InChI is InChI=1S/C22H25N3O2/c1-2-3-4-17-9-11-21(12-10-17)25-22(27)20(13-23)15-24-14-18-5-7-19(16-26)8-6-18/h5-12,15,24,26H,2-4,14,16H2,1H3,(H,25,27)/b20-15-. The maximum absolute atomic E-state index is 12.3. The lowest BCUT2D eigenvalue weighted by Gasteiger charge is -2.07. The lowest BCUT2D eigenvalue weighted by Crippen LogP contribution is -2.16. The maximum atomic E-state index is 12.3. The van der Waals surface area contributed by atoms with Crippen molar-refractivity contribution >= 4 is 11.6 Å². The molecule has 0 aromatic heterocycles. The molecule has 3 N–H and O–H groups in total. The highest BCUT2D eigenvalue weighted by Crippen LogP contribution is 2.13. The topological polar surface area (TPSA) is 85.2 Å². The number of aliphatic hydroxyl groups is 1. The van der Waals surface area contributed by atoms with Gasteiger partial charge in [-0.15, -0.1) is 0 Å². The number of unbranched alkanes of at least 4 members (excludes halogenated alkanes) is 1. The molecular weight excluding hydrogens is 338 g/mol. The molecule has 0 radical (unpaired) electrons. The van der Waals surface area contributed by atoms with Gasteiger partial charge in [0.2, 0.25) is 0 Å². The van der Waals surface area contributed by atoms with E-state index in [1.165, 1.54) is 11.8 Å². The van der Waals surface area contributed by atoms with Gasteiger partial charge in [-0.3, -0.25) is 4.79 Å². The van der Waals surface area contributed by atoms with Gasteiger partial charge in [-0.05, 0) is 41.7 Å². The molecule has 0 unspecified atom stereocenters. The zero-order valence-electron chi connectivity index (χ0n) is 15.5. The number of hydrogen-bond donors (Lipinski definition) is 3. The number of nitrogens with zero attached hydrogens (tertiary/aromatic N) is 1. The fraction of sp³-hybridized carbons (Fsp3) is 0.273. The van der Waals surface area contributed by atoms with Crippen LogP contribution in [0.25, 0.3) is 0 Å². The minimum absolute atomic E-state index is 0.00590. The van der Waals surface area contributed by atoms with E-state index in [4.69, 9.17) is 5.11 Å². The first-order valence-corrected chi connectivity index (χ1v) is 9.09. The number of hydrogen-bond acceptors (Lipinski definition) is 4. The van der Waals surface area contributed by atoms with E-state index in [0.29, 0.717) is 12.2 Å². The van der Waals surface area contributed by atoms with Crippen molar-refractivity contribution < 1.29 is 9.90 Å². The third-order valence-corrected chi connectivity index (χ3v) is 4.15. The number of nitriles is 1. The Morgan fingerprint density at radius 3 is 2.30 bits per heavy atom. The molecule has 1 amide bonds. The van der Waals surface area contributed by atoms with Gasteiger partial charge in [0.05, 0.1) is 6.61 Å². The summed E-state index contributed by atoms with van der Waals surface area (Å²) in [7, 11) is 0. The molecule has 2 rings (SSSR count). The van der Waals surface area contributed by atoms with E-state index < -0.39 is 5.91 Å². The predicted molar refractivity (Wildman–Crippen MR) is 107 cm³/mol. The number of anilines is 1. The minimum atomic E-state index is -0.443. The second-order valence-corrected chi connectivity index (χ2v) is 6.28. The van der Waals surface area contributed by atoms with Crippen molar-refractivity contribution in [3.05, 3.63) is 77.0 Å². The van der Waals surface area contributed by atoms with Crippen LogP contribution in [0.1, 0.15) is 36.5 Å². The largest absolute Gasteiger partial charge is 0.392 e. The summed E-state index contributed by atoms with van der Waals surface area (Å²) in [6.45, 7) is 2.64. The number of nitrogens with one attached hydrogen (secondary N) is 2. The Balaban J connectivity index is 1.90. The van der Waals surface area contributed by atoms with Crippen LogP contribution in [0, 0.1) is 11.3 Å². The lowest BCUT2D eigenvalue weighted by molar-refractivity contribution is -0.112. The van der Waals surface area contributed by atoms with Crippen molar-refractivity contribution in [3.63, 3.8) is 0 Å². The Labute approximate surface area is 160 Å². The number of rotatable bonds is 9. The van der Waals surface area contributed by atoms with Crippen LogP contribution >= 0.6 is 0 Å². The third-order valence-electron chi connectivity index (χ3n) is 4.15. The molecule has 0 aliphatic carbocycles. The third kappa shape index (κ3) is 6.61. The first kappa shape index (κ1) is 20.2. The zero-order chi connectivity index (χ0) is 19.5. The van der Waals surface area contributed by atoms with E-state index in [2.05, 4.69) is 17.6 Å². The molecule has 0 saturated heterocycles. The number of benzene rings is 2. The van der Waals surface area contributed by atoms with Crippen molar-refractivity contribution in [2.24, 2.45) is 0 Å². The van der Waals surface area contributed by atoms with Crippen LogP contribution in [-0.2, 0) is 24.4 Å². The highest BCUT2D eigenvalue weighted by molar-refractivity contribution is 6.06. The zero-order valence-corrected chi connectivity index (χ0v) is 15.5. The summed E-state index contributed by atoms with van der Waals surface area (Å²) >= 11 is 0. The molecule has 0 spiro atoms. The average Bonchev–Trinajstić information content (AvgIpc) is 2.71. The first-order chi connectivity index (χ1) is 13.2. The van der Waals surface area contributed by atoms with Gasteiger partial charge in [0.15, 0.2) is 0 Å². The molecule has 0 bridgehead atoms. The van der Waals surface area contributed by atoms with Crippen LogP contribution < -0.4 is 10.6 Å². The quantitative estimate of drug-likeness (QED) is 0.469. The summed E-state index contributed by atoms with van der Waals surface area (Å²) in [4.78, 5) is 12.3. The summed E-state index contributed by atoms with van der Waals surface area (Å²) in [6, 6.07) is 17.1. The van der Waals surface area contributed by atoms with Crippen molar-refractivity contribution in [3.8, 4) is 6.07 Å². The molecule has 0 aliphatic rings. The molecule has 140 valence electrons. The number of aryl methyl sites for hydroxylation is 1. The van der Waals surface area contributed by atoms with Crippen molar-refractivity contribution in [1.82, 2.24) is 5.32 Å². The average molecular weight is 363 g/mol. The fourth-order valence-corrected chi connectivity index (χ4v) is 2.52. The summed E-state index contributed by atoms with van der Waals surface area (Å²) in [5, 5.41) is 24.0. The van der Waals surface area contributed by atoms with Gasteiger partial charge in [-0.25, -0.2) is 0 Å². The molecule has 0 aliphatic heterocycles. The number of carbonyl (C=O) groups is 1. The van der Waals surface area contributed by atoms with Gasteiger partial charge in [-0.1, -0.05) is 49.7 Å². The highest BCUT2D eigenvalue weighted by Gasteiger charge is 2.09. The predicted octanol–water partition coefficient (Wildman–Crippen LogP) is 3.66. The Bertz CT molecular complexity index is 803. The summed E-state index contributed by atoms with van der Waals surface area (Å²) in [5.41, 5.74) is 3.74. The maximum Gasteiger partial charge on any atom is 0.267 e. The molecule has 2 aromatic carbocycles. The fourth-order valence-electron chi connectivity index (χ4n) is 2.52. The molecule has 0 fully saturated rings. The minimum Gasteiger partial charge on any atom is -0.392 e. The van der Waals surface area contributed by atoms with Crippen molar-refractivity contribution in [1.29, 1.82) is 5.26 Å². The van der Waals surface area contributed by atoms with Crippen LogP contribution in [-0.4, -0.2) is 11.0 Å². The van der Waals surface area contributed by atoms with Gasteiger partial charge >= 0.3 is 0 Å². The van der Waals surface area contributed by atoms with Crippen LogP contribution in [0.3, 0.4) is 0 Å². The van der Waals surface area contributed by atoms with Gasteiger partial charge in [0.1, 0.15) is 11.6 Å². The number of carbonyl (C=O) groups excluding carboxylic acids is 1. The van der Waals surface area contributed by atoms with Crippen molar-refractivity contribution in [2.45, 2.75) is 39.3 Å². The molecule has 0 atom stereocenters. The Kier molecular flexibility index (Phi) is 8.08. The van der Waals surface area contributed by atoms with E-state index in [0.717, 1.165) is 30.4 Å². The van der Waals surface area contributed by atoms with Crippen LogP contribution in [0.4, 0.5) is 5.69 Å². The van der Waals surface area contributed by atoms with Crippen LogP contribution in [0.15, 0.2) is 60.3 Å². The Hall–Kier alpha value is -3.10. The van der Waals surface area contributed by atoms with E-state index in [1.54, 1.807) is 0 Å². The van der Waals surface area contributed by atoms with Gasteiger partial charge in [0.25, 0.3) is 5.91 Å². The molecule has 0 saturated carbocycles. The molecule has 5 nitrogen and oxygen atoms in total. The lowest BCUT2D eigenvalue weighted by atomic mass is 10.1. The smallest absolute Gasteiger partial charge is 0.267 e. The second kappa shape index (κ2) is 10.8. The van der Waals surface area contributed by atoms with Crippen LogP contribution in [0.5, 0.6) is 0 Å². The number of amides is 1. The van der Waals surface area contributed by atoms with Gasteiger partial charge in [0, 0.05) is 18.4 Å². The molecule has 27 heavy (non-hydrogen) atoms. The van der Waals surface area contributed by atoms with Crippen molar-refractivity contribution in [2.75, 3.05) is 5.32 Å². The normalized spacial score (nSPS) is 10.9. The van der Waals surface area contributed by atoms with Gasteiger partial charge in [-0.2, -0.15) is 5.26 Å². The molecule has 5 heteroatoms. The van der Waals surface area contributed by atoms with Gasteiger partial charge < -0.3 is 15.7 Å². The second-order valence-electron chi connectivity index (χ2n) is 6.28. The first-order valence-electron chi connectivity index (χ1n) is 9.09. The van der Waals surface area contributed by atoms with E-state index >= 15 is 0 Å². The van der Waals surface area contributed by atoms with E-state index in [-0.39, 0.29) is 12.2 Å². The Morgan fingerprint density at radius 2 is 1.70 bits per heavy atom. The number of aliphatic hydroxyl groups excluding tert-OH is 1. The van der Waals surface area contributed by atoms with E-state index in [1.807, 2.05) is 54.6 Å². The summed E-state index contributed by atoms with van der Waals surface area (Å²) < 4.78 is 0. The summed E-state index contributed by atoms with van der Waals surface area (Å²) in [5.74, 6) is -0.443. The highest BCUT2D eigenvalue weighted by atomic mass is 16.3.